The Hall–Kier alpha value is -2.42. The second-order valence-electron chi connectivity index (χ2n) is 7.90. The van der Waals surface area contributed by atoms with Gasteiger partial charge in [0.2, 0.25) is 15.9 Å². The van der Waals surface area contributed by atoms with Crippen molar-refractivity contribution in [2.45, 2.75) is 36.3 Å². The monoisotopic (exact) mass is 469 g/mol. The van der Waals surface area contributed by atoms with Gasteiger partial charge in [0.15, 0.2) is 0 Å². The van der Waals surface area contributed by atoms with E-state index < -0.39 is 10.0 Å². The molecule has 1 aromatic heterocycles. The molecule has 0 spiro atoms. The fourth-order valence-electron chi connectivity index (χ4n) is 4.07. The van der Waals surface area contributed by atoms with E-state index in [1.165, 1.54) is 4.31 Å². The minimum absolute atomic E-state index is 0.0433. The minimum Gasteiger partial charge on any atom is -0.324 e. The van der Waals surface area contributed by atoms with Crippen molar-refractivity contribution >= 4 is 38.6 Å². The van der Waals surface area contributed by atoms with Crippen LogP contribution in [0.3, 0.4) is 0 Å². The molecule has 0 bridgehead atoms. The first-order valence-corrected chi connectivity index (χ1v) is 13.1. The topological polar surface area (TPSA) is 70.6 Å². The standard InChI is InChI=1S/C24H27N3O3S2/c1-4-26(32(29,30)21-12-6-9-19-11-7-13-25-22(19)21)14-15-27-23(28)18(3)31-24(27)20-10-5-8-17(2)16-20/h5-13,16,18,24H,4,14-15H2,1-3H3/t18-,24+/m1/s1. The summed E-state index contributed by atoms with van der Waals surface area (Å²) in [6.45, 7) is 6.63. The predicted octanol–water partition coefficient (Wildman–Crippen LogP) is 4.22. The van der Waals surface area contributed by atoms with Crippen LogP contribution in [0.1, 0.15) is 30.3 Å². The van der Waals surface area contributed by atoms with E-state index in [9.17, 15) is 13.2 Å². The van der Waals surface area contributed by atoms with Crippen molar-refractivity contribution in [1.29, 1.82) is 0 Å². The van der Waals surface area contributed by atoms with Gasteiger partial charge >= 0.3 is 0 Å². The normalized spacial score (nSPS) is 19.2. The molecule has 2 heterocycles. The quantitative estimate of drug-likeness (QED) is 0.518. The predicted molar refractivity (Wildman–Crippen MR) is 129 cm³/mol. The number of carbonyl (C=O) groups is 1. The molecule has 0 saturated carbocycles. The average molecular weight is 470 g/mol. The first kappa shape index (κ1) is 22.8. The first-order valence-electron chi connectivity index (χ1n) is 10.7. The SMILES string of the molecule is CCN(CCN1C(=O)[C@@H](C)S[C@H]1c1cccc(C)c1)S(=O)(=O)c1cccc2cccnc12. The molecule has 0 radical (unpaired) electrons. The van der Waals surface area contributed by atoms with Gasteiger partial charge in [-0.15, -0.1) is 11.8 Å². The number of aromatic nitrogens is 1. The highest BCUT2D eigenvalue weighted by Gasteiger charge is 2.39. The Labute approximate surface area is 193 Å². The Morgan fingerprint density at radius 3 is 2.62 bits per heavy atom. The van der Waals surface area contributed by atoms with Crippen molar-refractivity contribution < 1.29 is 13.2 Å². The number of pyridine rings is 1. The van der Waals surface area contributed by atoms with Crippen molar-refractivity contribution in [3.8, 4) is 0 Å². The third kappa shape index (κ3) is 4.27. The van der Waals surface area contributed by atoms with E-state index in [0.717, 1.165) is 16.5 Å². The molecule has 2 aromatic carbocycles. The highest BCUT2D eigenvalue weighted by molar-refractivity contribution is 8.01. The molecule has 2 atom stereocenters. The molecule has 8 heteroatoms. The van der Waals surface area contributed by atoms with Gasteiger partial charge in [-0.3, -0.25) is 9.78 Å². The van der Waals surface area contributed by atoms with E-state index in [-0.39, 0.29) is 28.0 Å². The van der Waals surface area contributed by atoms with Gasteiger partial charge in [0, 0.05) is 31.2 Å². The molecule has 0 aliphatic carbocycles. The van der Waals surface area contributed by atoms with E-state index in [1.54, 1.807) is 36.2 Å². The molecule has 1 saturated heterocycles. The molecule has 1 amide bonds. The number of fused-ring (bicyclic) bond motifs is 1. The van der Waals surface area contributed by atoms with E-state index in [0.29, 0.717) is 18.6 Å². The summed E-state index contributed by atoms with van der Waals surface area (Å²) in [6, 6.07) is 17.0. The average Bonchev–Trinajstić information content (AvgIpc) is 3.07. The van der Waals surface area contributed by atoms with E-state index >= 15 is 0 Å². The van der Waals surface area contributed by atoms with Crippen LogP contribution in [0.4, 0.5) is 0 Å². The lowest BCUT2D eigenvalue weighted by Gasteiger charge is -2.28. The smallest absolute Gasteiger partial charge is 0.245 e. The number of benzene rings is 2. The molecule has 32 heavy (non-hydrogen) atoms. The van der Waals surface area contributed by atoms with Crippen LogP contribution in [-0.2, 0) is 14.8 Å². The van der Waals surface area contributed by atoms with Crippen molar-refractivity contribution in [2.24, 2.45) is 0 Å². The summed E-state index contributed by atoms with van der Waals surface area (Å²) in [7, 11) is -3.76. The third-order valence-corrected chi connectivity index (χ3v) is 9.13. The zero-order valence-electron chi connectivity index (χ0n) is 18.4. The van der Waals surface area contributed by atoms with Gasteiger partial charge in [0.1, 0.15) is 10.3 Å². The molecule has 0 unspecified atom stereocenters. The lowest BCUT2D eigenvalue weighted by Crippen LogP contribution is -2.40. The number of thioether (sulfide) groups is 1. The number of hydrogen-bond donors (Lipinski definition) is 0. The van der Waals surface area contributed by atoms with Gasteiger partial charge in [-0.05, 0) is 31.5 Å². The Morgan fingerprint density at radius 2 is 1.88 bits per heavy atom. The largest absolute Gasteiger partial charge is 0.324 e. The Balaban J connectivity index is 1.60. The summed E-state index contributed by atoms with van der Waals surface area (Å²) in [5.74, 6) is 0.0433. The van der Waals surface area contributed by atoms with Crippen LogP contribution in [0.5, 0.6) is 0 Å². The van der Waals surface area contributed by atoms with Crippen molar-refractivity contribution in [3.63, 3.8) is 0 Å². The maximum atomic E-state index is 13.5. The Bertz CT molecular complexity index is 1240. The number of sulfonamides is 1. The molecule has 1 aliphatic heterocycles. The van der Waals surface area contributed by atoms with E-state index in [4.69, 9.17) is 0 Å². The second kappa shape index (κ2) is 9.21. The van der Waals surface area contributed by atoms with Gasteiger partial charge < -0.3 is 4.90 Å². The zero-order valence-corrected chi connectivity index (χ0v) is 20.1. The third-order valence-electron chi connectivity index (χ3n) is 5.73. The number of carbonyl (C=O) groups excluding carboxylic acids is 1. The van der Waals surface area contributed by atoms with Crippen LogP contribution < -0.4 is 0 Å². The van der Waals surface area contributed by atoms with Gasteiger partial charge in [-0.1, -0.05) is 55.0 Å². The number of para-hydroxylation sites is 1. The fraction of sp³-hybridized carbons (Fsp3) is 0.333. The van der Waals surface area contributed by atoms with Gasteiger partial charge in [0.25, 0.3) is 0 Å². The van der Waals surface area contributed by atoms with Gasteiger partial charge in [-0.2, -0.15) is 4.31 Å². The Kier molecular flexibility index (Phi) is 6.55. The number of aryl methyl sites for hydroxylation is 1. The van der Waals surface area contributed by atoms with Crippen LogP contribution in [0.25, 0.3) is 10.9 Å². The van der Waals surface area contributed by atoms with Crippen molar-refractivity contribution in [3.05, 3.63) is 71.9 Å². The maximum absolute atomic E-state index is 13.5. The van der Waals surface area contributed by atoms with Crippen LogP contribution >= 0.6 is 11.8 Å². The van der Waals surface area contributed by atoms with Crippen LogP contribution in [0, 0.1) is 6.92 Å². The van der Waals surface area contributed by atoms with Gasteiger partial charge in [0.05, 0.1) is 10.8 Å². The fourth-order valence-corrected chi connectivity index (χ4v) is 6.98. The first-order chi connectivity index (χ1) is 15.3. The Morgan fingerprint density at radius 1 is 1.12 bits per heavy atom. The molecular weight excluding hydrogens is 442 g/mol. The summed E-state index contributed by atoms with van der Waals surface area (Å²) < 4.78 is 28.4. The zero-order chi connectivity index (χ0) is 22.9. The van der Waals surface area contributed by atoms with E-state index in [2.05, 4.69) is 11.1 Å². The highest BCUT2D eigenvalue weighted by atomic mass is 32.2. The lowest BCUT2D eigenvalue weighted by molar-refractivity contribution is -0.129. The van der Waals surface area contributed by atoms with E-state index in [1.807, 2.05) is 56.0 Å². The van der Waals surface area contributed by atoms with Crippen LogP contribution in [0.2, 0.25) is 0 Å². The molecule has 168 valence electrons. The van der Waals surface area contributed by atoms with Crippen molar-refractivity contribution in [2.75, 3.05) is 19.6 Å². The van der Waals surface area contributed by atoms with Crippen LogP contribution in [0.15, 0.2) is 65.7 Å². The second-order valence-corrected chi connectivity index (χ2v) is 11.2. The summed E-state index contributed by atoms with van der Waals surface area (Å²) >= 11 is 1.61. The van der Waals surface area contributed by atoms with Crippen LogP contribution in [-0.4, -0.2) is 53.4 Å². The van der Waals surface area contributed by atoms with Crippen molar-refractivity contribution in [1.82, 2.24) is 14.2 Å². The molecule has 1 fully saturated rings. The molecule has 3 aromatic rings. The molecule has 4 rings (SSSR count). The molecular formula is C24H27N3O3S2. The number of likely N-dealkylation sites (N-methyl/N-ethyl adjacent to an activating group) is 1. The molecule has 0 N–H and O–H groups in total. The minimum atomic E-state index is -3.76. The highest BCUT2D eigenvalue weighted by Crippen LogP contribution is 2.43. The summed E-state index contributed by atoms with van der Waals surface area (Å²) in [6.07, 6.45) is 1.60. The number of nitrogens with zero attached hydrogens (tertiary/aromatic N) is 3. The number of rotatable bonds is 7. The summed E-state index contributed by atoms with van der Waals surface area (Å²) in [4.78, 5) is 19.2. The summed E-state index contributed by atoms with van der Waals surface area (Å²) in [5.41, 5.74) is 2.67. The number of amides is 1. The molecule has 1 aliphatic rings. The maximum Gasteiger partial charge on any atom is 0.245 e. The lowest BCUT2D eigenvalue weighted by atomic mass is 10.1. The van der Waals surface area contributed by atoms with Gasteiger partial charge in [-0.25, -0.2) is 8.42 Å². The number of hydrogen-bond acceptors (Lipinski definition) is 5. The molecule has 6 nitrogen and oxygen atoms in total. The summed E-state index contributed by atoms with van der Waals surface area (Å²) in [5, 5.41) is 0.511.